The third-order valence-corrected chi connectivity index (χ3v) is 8.78. The summed E-state index contributed by atoms with van der Waals surface area (Å²) in [4.78, 5) is 16.3. The molecule has 6 nitrogen and oxygen atoms in total. The highest BCUT2D eigenvalue weighted by atomic mass is 32.2. The van der Waals surface area contributed by atoms with E-state index < -0.39 is 9.84 Å². The van der Waals surface area contributed by atoms with Crippen LogP contribution in [0.2, 0.25) is 0 Å². The van der Waals surface area contributed by atoms with Gasteiger partial charge in [-0.15, -0.1) is 23.5 Å². The summed E-state index contributed by atoms with van der Waals surface area (Å²) >= 11 is 3.98. The molecule has 28 heavy (non-hydrogen) atoms. The number of carbonyl (C=O) groups is 1. The summed E-state index contributed by atoms with van der Waals surface area (Å²) in [5.41, 5.74) is 1.30. The molecule has 0 bridgehead atoms. The van der Waals surface area contributed by atoms with E-state index in [0.717, 1.165) is 5.75 Å². The van der Waals surface area contributed by atoms with Crippen LogP contribution in [-0.4, -0.2) is 87.0 Å². The number of sulfone groups is 1. The Morgan fingerprint density at radius 2 is 1.75 bits per heavy atom. The molecular weight excluding hydrogens is 416 g/mol. The first kappa shape index (κ1) is 21.8. The van der Waals surface area contributed by atoms with Crippen LogP contribution in [0.1, 0.15) is 16.6 Å². The highest BCUT2D eigenvalue weighted by Crippen LogP contribution is 2.43. The minimum absolute atomic E-state index is 0.0229. The highest BCUT2D eigenvalue weighted by molar-refractivity contribution is 8.16. The predicted molar refractivity (Wildman–Crippen MR) is 117 cm³/mol. The third kappa shape index (κ3) is 6.86. The molecule has 2 saturated heterocycles. The van der Waals surface area contributed by atoms with Gasteiger partial charge in [0.2, 0.25) is 0 Å². The van der Waals surface area contributed by atoms with Crippen LogP contribution in [0.3, 0.4) is 0 Å². The second-order valence-electron chi connectivity index (χ2n) is 7.14. The summed E-state index contributed by atoms with van der Waals surface area (Å²) in [6.45, 7) is 3.19. The van der Waals surface area contributed by atoms with E-state index in [4.69, 9.17) is 4.74 Å². The first-order valence-corrected chi connectivity index (χ1v) is 13.7. The van der Waals surface area contributed by atoms with E-state index in [1.807, 2.05) is 35.7 Å². The molecule has 1 aromatic rings. The molecule has 1 aromatic carbocycles. The Bertz CT molecular complexity index is 741. The Kier molecular flexibility index (Phi) is 7.96. The van der Waals surface area contributed by atoms with Crippen molar-refractivity contribution >= 4 is 39.3 Å². The molecule has 9 heteroatoms. The van der Waals surface area contributed by atoms with E-state index in [1.165, 1.54) is 29.7 Å². The Morgan fingerprint density at radius 1 is 1.11 bits per heavy atom. The zero-order valence-electron chi connectivity index (χ0n) is 16.2. The lowest BCUT2D eigenvalue weighted by atomic mass is 10.2. The number of carbonyl (C=O) groups excluding carboxylic acids is 1. The number of nitrogens with zero attached hydrogens (tertiary/aromatic N) is 2. The van der Waals surface area contributed by atoms with E-state index in [0.29, 0.717) is 37.3 Å². The summed E-state index contributed by atoms with van der Waals surface area (Å²) in [6.07, 6.45) is 2.53. The molecular formula is C19H28N2O4S3. The van der Waals surface area contributed by atoms with Crippen LogP contribution in [0.5, 0.6) is 5.75 Å². The predicted octanol–water partition coefficient (Wildman–Crippen LogP) is 2.12. The van der Waals surface area contributed by atoms with Crippen LogP contribution in [0, 0.1) is 0 Å². The van der Waals surface area contributed by atoms with Crippen molar-refractivity contribution in [2.45, 2.75) is 11.0 Å². The SMILES string of the molecule is CS(=O)(=O)CCN1CCN(C(=O)COc2ccc(C3SCCCS3)cc2)CC1. The zero-order chi connectivity index (χ0) is 20.0. The van der Waals surface area contributed by atoms with Crippen LogP contribution >= 0.6 is 23.5 Å². The van der Waals surface area contributed by atoms with E-state index in [-0.39, 0.29) is 18.3 Å². The number of ether oxygens (including phenoxy) is 1. The van der Waals surface area contributed by atoms with Crippen molar-refractivity contribution in [1.29, 1.82) is 0 Å². The quantitative estimate of drug-likeness (QED) is 0.638. The molecule has 0 aliphatic carbocycles. The molecule has 0 saturated carbocycles. The Hall–Kier alpha value is -0.900. The van der Waals surface area contributed by atoms with Crippen molar-refractivity contribution in [1.82, 2.24) is 9.80 Å². The number of hydrogen-bond acceptors (Lipinski definition) is 7. The van der Waals surface area contributed by atoms with Crippen molar-refractivity contribution in [2.75, 3.05) is 62.8 Å². The first-order valence-electron chi connectivity index (χ1n) is 9.54. The fourth-order valence-corrected chi connectivity index (χ4v) is 6.64. The lowest BCUT2D eigenvalue weighted by molar-refractivity contribution is -0.135. The van der Waals surface area contributed by atoms with Gasteiger partial charge >= 0.3 is 0 Å². The van der Waals surface area contributed by atoms with E-state index in [2.05, 4.69) is 17.0 Å². The van der Waals surface area contributed by atoms with Gasteiger partial charge in [0, 0.05) is 39.0 Å². The summed E-state index contributed by atoms with van der Waals surface area (Å²) in [6, 6.07) is 8.08. The fourth-order valence-electron chi connectivity index (χ4n) is 3.15. The van der Waals surface area contributed by atoms with E-state index >= 15 is 0 Å². The topological polar surface area (TPSA) is 66.9 Å². The minimum Gasteiger partial charge on any atom is -0.484 e. The van der Waals surface area contributed by atoms with Gasteiger partial charge in [-0.05, 0) is 35.6 Å². The number of benzene rings is 1. The van der Waals surface area contributed by atoms with Gasteiger partial charge in [-0.25, -0.2) is 8.42 Å². The smallest absolute Gasteiger partial charge is 0.260 e. The van der Waals surface area contributed by atoms with Gasteiger partial charge in [-0.2, -0.15) is 0 Å². The third-order valence-electron chi connectivity index (χ3n) is 4.85. The van der Waals surface area contributed by atoms with Gasteiger partial charge in [0.25, 0.3) is 5.91 Å². The molecule has 0 atom stereocenters. The number of piperazine rings is 1. The van der Waals surface area contributed by atoms with Gasteiger partial charge in [-0.3, -0.25) is 9.69 Å². The molecule has 2 heterocycles. The van der Waals surface area contributed by atoms with Crippen molar-refractivity contribution < 1.29 is 17.9 Å². The second-order valence-corrected chi connectivity index (χ2v) is 12.1. The molecule has 1 amide bonds. The maximum absolute atomic E-state index is 12.4. The minimum atomic E-state index is -2.95. The molecule has 3 rings (SSSR count). The van der Waals surface area contributed by atoms with Crippen molar-refractivity contribution in [2.24, 2.45) is 0 Å². The van der Waals surface area contributed by atoms with Crippen molar-refractivity contribution in [3.8, 4) is 5.75 Å². The number of thioether (sulfide) groups is 2. The fraction of sp³-hybridized carbons (Fsp3) is 0.632. The maximum atomic E-state index is 12.4. The van der Waals surface area contributed by atoms with Crippen LogP contribution in [0.4, 0.5) is 0 Å². The summed E-state index contributed by atoms with van der Waals surface area (Å²) < 4.78 is 28.7. The van der Waals surface area contributed by atoms with E-state index in [9.17, 15) is 13.2 Å². The van der Waals surface area contributed by atoms with Crippen LogP contribution in [0.25, 0.3) is 0 Å². The molecule has 0 aromatic heterocycles. The molecule has 2 fully saturated rings. The largest absolute Gasteiger partial charge is 0.484 e. The Balaban J connectivity index is 1.39. The zero-order valence-corrected chi connectivity index (χ0v) is 18.7. The molecule has 0 spiro atoms. The lowest BCUT2D eigenvalue weighted by Gasteiger charge is -2.34. The second kappa shape index (κ2) is 10.2. The average molecular weight is 445 g/mol. The molecule has 0 N–H and O–H groups in total. The summed E-state index contributed by atoms with van der Waals surface area (Å²) in [5.74, 6) is 3.29. The van der Waals surface area contributed by atoms with Gasteiger partial charge in [-0.1, -0.05) is 12.1 Å². The van der Waals surface area contributed by atoms with Gasteiger partial charge in [0.15, 0.2) is 6.61 Å². The van der Waals surface area contributed by atoms with E-state index in [1.54, 1.807) is 4.90 Å². The highest BCUT2D eigenvalue weighted by Gasteiger charge is 2.22. The van der Waals surface area contributed by atoms with Crippen molar-refractivity contribution in [3.63, 3.8) is 0 Å². The monoisotopic (exact) mass is 444 g/mol. The lowest BCUT2D eigenvalue weighted by Crippen LogP contribution is -2.50. The number of rotatable bonds is 7. The maximum Gasteiger partial charge on any atom is 0.260 e. The molecule has 2 aliphatic heterocycles. The van der Waals surface area contributed by atoms with Crippen LogP contribution in [0.15, 0.2) is 24.3 Å². The van der Waals surface area contributed by atoms with Gasteiger partial charge in [0.1, 0.15) is 15.6 Å². The van der Waals surface area contributed by atoms with Crippen LogP contribution in [-0.2, 0) is 14.6 Å². The van der Waals surface area contributed by atoms with Crippen LogP contribution < -0.4 is 4.74 Å². The normalized spacial score (nSPS) is 19.5. The Labute approximate surface area is 176 Å². The summed E-state index contributed by atoms with van der Waals surface area (Å²) in [7, 11) is -2.95. The standard InChI is InChI=1S/C19H28N2O4S3/c1-28(23,24)14-11-20-7-9-21(10-8-20)18(22)15-25-17-5-3-16(4-6-17)19-26-12-2-13-27-19/h3-6,19H,2,7-15H2,1H3. The molecule has 156 valence electrons. The average Bonchev–Trinajstić information content (AvgIpc) is 2.71. The molecule has 2 aliphatic rings. The van der Waals surface area contributed by atoms with Gasteiger partial charge < -0.3 is 9.64 Å². The summed E-state index contributed by atoms with van der Waals surface area (Å²) in [5, 5.41) is 0. The molecule has 0 unspecified atom stereocenters. The Morgan fingerprint density at radius 3 is 2.36 bits per heavy atom. The number of amides is 1. The number of hydrogen-bond donors (Lipinski definition) is 0. The molecule has 0 radical (unpaired) electrons. The van der Waals surface area contributed by atoms with Crippen molar-refractivity contribution in [3.05, 3.63) is 29.8 Å². The van der Waals surface area contributed by atoms with Gasteiger partial charge in [0.05, 0.1) is 10.3 Å². The first-order chi connectivity index (χ1) is 13.4.